The van der Waals surface area contributed by atoms with Gasteiger partial charge in [0.25, 0.3) is 5.91 Å². The lowest BCUT2D eigenvalue weighted by atomic mass is 10.0. The molecule has 2 rings (SSSR count). The highest BCUT2D eigenvalue weighted by Crippen LogP contribution is 2.21. The lowest BCUT2D eigenvalue weighted by molar-refractivity contribution is -0.156. The molecule has 0 spiro atoms. The number of hydrogen-bond acceptors (Lipinski definition) is 4. The maximum absolute atomic E-state index is 12.6. The quantitative estimate of drug-likeness (QED) is 0.643. The highest BCUT2D eigenvalue weighted by atomic mass is 35.5. The number of amides is 1. The van der Waals surface area contributed by atoms with Gasteiger partial charge in [0.15, 0.2) is 13.2 Å². The van der Waals surface area contributed by atoms with Crippen molar-refractivity contribution in [2.45, 2.75) is 39.8 Å². The van der Waals surface area contributed by atoms with Gasteiger partial charge in [-0.1, -0.05) is 41.9 Å². The second-order valence-corrected chi connectivity index (χ2v) is 7.90. The van der Waals surface area contributed by atoms with Crippen LogP contribution in [-0.2, 0) is 20.9 Å². The molecule has 2 aromatic carbocycles. The summed E-state index contributed by atoms with van der Waals surface area (Å²) in [6.45, 7) is 7.53. The highest BCUT2D eigenvalue weighted by molar-refractivity contribution is 6.31. The van der Waals surface area contributed by atoms with E-state index in [0.29, 0.717) is 17.3 Å². The molecule has 0 saturated carbocycles. The Hall–Kier alpha value is -2.53. The summed E-state index contributed by atoms with van der Waals surface area (Å²) in [5, 5.41) is 0.626. The number of carbonyl (C=O) groups excluding carboxylic acids is 2. The normalized spacial score (nSPS) is 11.0. The van der Waals surface area contributed by atoms with Crippen LogP contribution < -0.4 is 4.74 Å². The van der Waals surface area contributed by atoms with Crippen LogP contribution >= 0.6 is 11.6 Å². The number of carbonyl (C=O) groups is 2. The van der Waals surface area contributed by atoms with Crippen LogP contribution in [0.1, 0.15) is 31.9 Å². The van der Waals surface area contributed by atoms with Crippen LogP contribution in [0.25, 0.3) is 0 Å². The lowest BCUT2D eigenvalue weighted by Gasteiger charge is -2.35. The van der Waals surface area contributed by atoms with Gasteiger partial charge in [0.05, 0.1) is 0 Å². The number of aryl methyl sites for hydroxylation is 1. The molecule has 0 heterocycles. The first-order valence-corrected chi connectivity index (χ1v) is 9.43. The van der Waals surface area contributed by atoms with Crippen LogP contribution in [0, 0.1) is 6.92 Å². The largest absolute Gasteiger partial charge is 0.482 e. The molecule has 0 aliphatic heterocycles. The summed E-state index contributed by atoms with van der Waals surface area (Å²) >= 11 is 5.96. The molecule has 0 aliphatic carbocycles. The van der Waals surface area contributed by atoms with Crippen molar-refractivity contribution in [3.05, 3.63) is 64.7 Å². The Morgan fingerprint density at radius 3 is 2.32 bits per heavy atom. The van der Waals surface area contributed by atoms with Crippen molar-refractivity contribution in [2.75, 3.05) is 13.2 Å². The second-order valence-electron chi connectivity index (χ2n) is 7.50. The van der Waals surface area contributed by atoms with Gasteiger partial charge in [0.1, 0.15) is 5.75 Å². The molecule has 0 bridgehead atoms. The van der Waals surface area contributed by atoms with Crippen LogP contribution in [0.15, 0.2) is 48.5 Å². The molecule has 6 heteroatoms. The predicted molar refractivity (Wildman–Crippen MR) is 109 cm³/mol. The van der Waals surface area contributed by atoms with Crippen molar-refractivity contribution in [1.82, 2.24) is 4.90 Å². The fourth-order valence-corrected chi connectivity index (χ4v) is 2.69. The number of ether oxygens (including phenoxy) is 2. The summed E-state index contributed by atoms with van der Waals surface area (Å²) in [6.07, 6.45) is 0. The molecular weight excluding hydrogens is 378 g/mol. The Bertz CT molecular complexity index is 815. The molecule has 0 aromatic heterocycles. The molecule has 2 aromatic rings. The van der Waals surface area contributed by atoms with Gasteiger partial charge in [-0.05, 0) is 57.0 Å². The average molecular weight is 404 g/mol. The van der Waals surface area contributed by atoms with Crippen molar-refractivity contribution in [3.63, 3.8) is 0 Å². The minimum atomic E-state index is -0.602. The minimum Gasteiger partial charge on any atom is -0.482 e. The van der Waals surface area contributed by atoms with E-state index >= 15 is 0 Å². The van der Waals surface area contributed by atoms with Crippen molar-refractivity contribution >= 4 is 23.5 Å². The molecule has 1 amide bonds. The van der Waals surface area contributed by atoms with Gasteiger partial charge in [-0.15, -0.1) is 0 Å². The van der Waals surface area contributed by atoms with E-state index < -0.39 is 11.5 Å². The van der Waals surface area contributed by atoms with Gasteiger partial charge < -0.3 is 14.4 Å². The second kappa shape index (κ2) is 9.60. The zero-order chi connectivity index (χ0) is 20.7. The third-order valence-corrected chi connectivity index (χ3v) is 4.56. The van der Waals surface area contributed by atoms with Crippen molar-refractivity contribution in [2.24, 2.45) is 0 Å². The first-order valence-electron chi connectivity index (χ1n) is 9.06. The monoisotopic (exact) mass is 403 g/mol. The van der Waals surface area contributed by atoms with Crippen molar-refractivity contribution in [3.8, 4) is 5.75 Å². The third kappa shape index (κ3) is 6.57. The van der Waals surface area contributed by atoms with Crippen LogP contribution in [0.5, 0.6) is 5.75 Å². The summed E-state index contributed by atoms with van der Waals surface area (Å²) < 4.78 is 10.5. The molecule has 0 unspecified atom stereocenters. The number of hydrogen-bond donors (Lipinski definition) is 0. The number of benzene rings is 2. The summed E-state index contributed by atoms with van der Waals surface area (Å²) in [5.74, 6) is -0.341. The number of rotatable bonds is 7. The van der Waals surface area contributed by atoms with E-state index in [0.717, 1.165) is 11.1 Å². The van der Waals surface area contributed by atoms with Crippen LogP contribution in [0.3, 0.4) is 0 Å². The molecule has 0 saturated heterocycles. The summed E-state index contributed by atoms with van der Waals surface area (Å²) in [5.41, 5.74) is 1.46. The first kappa shape index (κ1) is 21.8. The maximum Gasteiger partial charge on any atom is 0.344 e. The standard InChI is InChI=1S/C22H26ClNO4/c1-16-12-18(10-11-19(16)23)27-15-21(26)28-14-20(25)24(22(2,3)4)13-17-8-6-5-7-9-17/h5-12H,13-15H2,1-4H3. The van der Waals surface area contributed by atoms with Gasteiger partial charge in [-0.2, -0.15) is 0 Å². The molecule has 0 aliphatic rings. The third-order valence-electron chi connectivity index (χ3n) is 4.14. The van der Waals surface area contributed by atoms with Crippen molar-refractivity contribution < 1.29 is 19.1 Å². The Balaban J connectivity index is 1.88. The average Bonchev–Trinajstić information content (AvgIpc) is 2.65. The van der Waals surface area contributed by atoms with Crippen LogP contribution in [-0.4, -0.2) is 35.5 Å². The summed E-state index contributed by atoms with van der Waals surface area (Å²) in [6, 6.07) is 14.8. The van der Waals surface area contributed by atoms with E-state index in [-0.39, 0.29) is 19.1 Å². The fraction of sp³-hybridized carbons (Fsp3) is 0.364. The molecule has 0 N–H and O–H groups in total. The zero-order valence-electron chi connectivity index (χ0n) is 16.7. The fourth-order valence-electron chi connectivity index (χ4n) is 2.58. The lowest BCUT2D eigenvalue weighted by Crippen LogP contribution is -2.47. The van der Waals surface area contributed by atoms with Crippen LogP contribution in [0.4, 0.5) is 0 Å². The first-order chi connectivity index (χ1) is 13.2. The number of esters is 1. The topological polar surface area (TPSA) is 55.8 Å². The van der Waals surface area contributed by atoms with E-state index in [9.17, 15) is 9.59 Å². The van der Waals surface area contributed by atoms with Gasteiger partial charge in [0.2, 0.25) is 0 Å². The molecular formula is C22H26ClNO4. The Labute approximate surface area is 171 Å². The number of nitrogens with zero attached hydrogens (tertiary/aromatic N) is 1. The Kier molecular flexibility index (Phi) is 7.46. The molecule has 150 valence electrons. The van der Waals surface area contributed by atoms with E-state index in [2.05, 4.69) is 0 Å². The van der Waals surface area contributed by atoms with Gasteiger partial charge in [0, 0.05) is 17.1 Å². The van der Waals surface area contributed by atoms with Gasteiger partial charge in [-0.25, -0.2) is 4.79 Å². The molecule has 0 fully saturated rings. The molecule has 28 heavy (non-hydrogen) atoms. The summed E-state index contributed by atoms with van der Waals surface area (Å²) in [7, 11) is 0. The van der Waals surface area contributed by atoms with E-state index in [4.69, 9.17) is 21.1 Å². The van der Waals surface area contributed by atoms with Gasteiger partial charge in [-0.3, -0.25) is 4.79 Å². The van der Waals surface area contributed by atoms with E-state index in [1.54, 1.807) is 23.1 Å². The molecule has 0 radical (unpaired) electrons. The molecule has 5 nitrogen and oxygen atoms in total. The minimum absolute atomic E-state index is 0.257. The van der Waals surface area contributed by atoms with Crippen molar-refractivity contribution in [1.29, 1.82) is 0 Å². The van der Waals surface area contributed by atoms with E-state index in [1.807, 2.05) is 58.0 Å². The maximum atomic E-state index is 12.6. The predicted octanol–water partition coefficient (Wildman–Crippen LogP) is 4.40. The SMILES string of the molecule is Cc1cc(OCC(=O)OCC(=O)N(Cc2ccccc2)C(C)(C)C)ccc1Cl. The zero-order valence-corrected chi connectivity index (χ0v) is 17.5. The van der Waals surface area contributed by atoms with Gasteiger partial charge >= 0.3 is 5.97 Å². The summed E-state index contributed by atoms with van der Waals surface area (Å²) in [4.78, 5) is 26.3. The number of halogens is 1. The highest BCUT2D eigenvalue weighted by Gasteiger charge is 2.27. The smallest absolute Gasteiger partial charge is 0.344 e. The van der Waals surface area contributed by atoms with E-state index in [1.165, 1.54) is 0 Å². The molecule has 0 atom stereocenters. The van der Waals surface area contributed by atoms with Crippen LogP contribution in [0.2, 0.25) is 5.02 Å². The Morgan fingerprint density at radius 2 is 1.71 bits per heavy atom. The Morgan fingerprint density at radius 1 is 1.04 bits per heavy atom.